The predicted molar refractivity (Wildman–Crippen MR) is 93.6 cm³/mol. The summed E-state index contributed by atoms with van der Waals surface area (Å²) < 4.78 is 43.0. The maximum Gasteiger partial charge on any atom is 0.433 e. The molecular formula is C19H19F3N2O3. The molecule has 0 atom stereocenters. The average Bonchev–Trinajstić information content (AvgIpc) is 2.61. The lowest BCUT2D eigenvalue weighted by Crippen LogP contribution is -2.16. The number of alkyl halides is 3. The molecular weight excluding hydrogens is 361 g/mol. The zero-order chi connectivity index (χ0) is 20.0. The zero-order valence-electron chi connectivity index (χ0n) is 14.9. The minimum Gasteiger partial charge on any atom is -0.462 e. The van der Waals surface area contributed by atoms with E-state index in [9.17, 15) is 22.8 Å². The van der Waals surface area contributed by atoms with Crippen molar-refractivity contribution in [2.75, 3.05) is 11.9 Å². The number of aryl methyl sites for hydroxylation is 1. The number of hydrogen-bond donors (Lipinski definition) is 1. The van der Waals surface area contributed by atoms with Gasteiger partial charge in [0.15, 0.2) is 0 Å². The molecule has 0 radical (unpaired) electrons. The summed E-state index contributed by atoms with van der Waals surface area (Å²) in [5.74, 6) is -1.05. The van der Waals surface area contributed by atoms with Crippen molar-refractivity contribution >= 4 is 17.6 Å². The number of unbranched alkanes of at least 4 members (excludes halogenated alkanes) is 1. The fourth-order valence-electron chi connectivity index (χ4n) is 2.24. The Morgan fingerprint density at radius 2 is 1.78 bits per heavy atom. The van der Waals surface area contributed by atoms with E-state index in [-0.39, 0.29) is 11.3 Å². The largest absolute Gasteiger partial charge is 0.462 e. The van der Waals surface area contributed by atoms with Gasteiger partial charge in [-0.3, -0.25) is 4.79 Å². The van der Waals surface area contributed by atoms with Crippen molar-refractivity contribution < 1.29 is 27.5 Å². The summed E-state index contributed by atoms with van der Waals surface area (Å²) in [6, 6.07) is 7.88. The van der Waals surface area contributed by atoms with Gasteiger partial charge < -0.3 is 10.1 Å². The molecule has 2 rings (SSSR count). The van der Waals surface area contributed by atoms with Gasteiger partial charge in [-0.1, -0.05) is 13.3 Å². The number of nitrogens with one attached hydrogen (secondary N) is 1. The van der Waals surface area contributed by atoms with Crippen LogP contribution < -0.4 is 5.32 Å². The highest BCUT2D eigenvalue weighted by molar-refractivity contribution is 6.05. The molecule has 1 N–H and O–H groups in total. The molecule has 144 valence electrons. The molecule has 0 saturated carbocycles. The van der Waals surface area contributed by atoms with Gasteiger partial charge in [0.2, 0.25) is 0 Å². The van der Waals surface area contributed by atoms with Gasteiger partial charge in [0.1, 0.15) is 5.69 Å². The summed E-state index contributed by atoms with van der Waals surface area (Å²) in [7, 11) is 0. The minimum absolute atomic E-state index is 0.0292. The second kappa shape index (κ2) is 8.66. The van der Waals surface area contributed by atoms with Crippen LogP contribution in [0.2, 0.25) is 0 Å². The third-order valence-electron chi connectivity index (χ3n) is 3.73. The molecule has 0 saturated heterocycles. The summed E-state index contributed by atoms with van der Waals surface area (Å²) in [5, 5.41) is 2.56. The van der Waals surface area contributed by atoms with Crippen molar-refractivity contribution in [1.82, 2.24) is 4.98 Å². The van der Waals surface area contributed by atoms with Crippen LogP contribution in [-0.4, -0.2) is 23.5 Å². The third kappa shape index (κ3) is 5.54. The number of rotatable bonds is 6. The van der Waals surface area contributed by atoms with Gasteiger partial charge in [-0.2, -0.15) is 13.2 Å². The highest BCUT2D eigenvalue weighted by Gasteiger charge is 2.33. The number of carbonyl (C=O) groups is 2. The lowest BCUT2D eigenvalue weighted by Gasteiger charge is -2.11. The first kappa shape index (κ1) is 20.4. The van der Waals surface area contributed by atoms with Crippen LogP contribution >= 0.6 is 0 Å². The number of benzene rings is 1. The normalized spacial score (nSPS) is 11.1. The van der Waals surface area contributed by atoms with Crippen LogP contribution in [0, 0.1) is 6.92 Å². The fourth-order valence-corrected chi connectivity index (χ4v) is 2.24. The Labute approximate surface area is 154 Å². The zero-order valence-corrected chi connectivity index (χ0v) is 14.9. The number of nitrogens with zero attached hydrogens (tertiary/aromatic N) is 1. The third-order valence-corrected chi connectivity index (χ3v) is 3.73. The molecule has 1 aromatic heterocycles. The van der Waals surface area contributed by atoms with Gasteiger partial charge in [-0.05, 0) is 49.7 Å². The van der Waals surface area contributed by atoms with E-state index in [2.05, 4.69) is 10.3 Å². The maximum absolute atomic E-state index is 12.6. The number of esters is 1. The van der Waals surface area contributed by atoms with Crippen molar-refractivity contribution in [3.05, 3.63) is 58.9 Å². The summed E-state index contributed by atoms with van der Waals surface area (Å²) in [6.07, 6.45) is -2.88. The molecule has 0 bridgehead atoms. The topological polar surface area (TPSA) is 68.3 Å². The molecule has 0 aliphatic carbocycles. The van der Waals surface area contributed by atoms with Crippen LogP contribution in [-0.2, 0) is 10.9 Å². The highest BCUT2D eigenvalue weighted by atomic mass is 19.4. The molecule has 2 aromatic rings. The van der Waals surface area contributed by atoms with Crippen molar-refractivity contribution in [3.63, 3.8) is 0 Å². The first-order valence-electron chi connectivity index (χ1n) is 8.35. The summed E-state index contributed by atoms with van der Waals surface area (Å²) in [5.41, 5.74) is -0.312. The molecule has 1 amide bonds. The van der Waals surface area contributed by atoms with Crippen LogP contribution in [0.25, 0.3) is 0 Å². The van der Waals surface area contributed by atoms with Gasteiger partial charge in [-0.15, -0.1) is 0 Å². The molecule has 5 nitrogen and oxygen atoms in total. The Bertz CT molecular complexity index is 818. The van der Waals surface area contributed by atoms with Crippen LogP contribution in [0.15, 0.2) is 36.4 Å². The SMILES string of the molecule is CCCCOC(=O)c1ccc(NC(=O)c2ccc(C(F)(F)F)nc2C)cc1. The lowest BCUT2D eigenvalue weighted by atomic mass is 10.1. The molecule has 0 spiro atoms. The Hall–Kier alpha value is -2.90. The van der Waals surface area contributed by atoms with Gasteiger partial charge >= 0.3 is 12.1 Å². The van der Waals surface area contributed by atoms with Crippen molar-refractivity contribution in [3.8, 4) is 0 Å². The Balaban J connectivity index is 2.05. The predicted octanol–water partition coefficient (Wildman–Crippen LogP) is 4.62. The number of ether oxygens (including phenoxy) is 1. The molecule has 0 unspecified atom stereocenters. The number of carbonyl (C=O) groups excluding carboxylic acids is 2. The smallest absolute Gasteiger partial charge is 0.433 e. The van der Waals surface area contributed by atoms with Gasteiger partial charge in [0.25, 0.3) is 5.91 Å². The number of pyridine rings is 1. The van der Waals surface area contributed by atoms with Crippen LogP contribution in [0.3, 0.4) is 0 Å². The van der Waals surface area contributed by atoms with Gasteiger partial charge in [0.05, 0.1) is 23.4 Å². The van der Waals surface area contributed by atoms with Crippen molar-refractivity contribution in [2.45, 2.75) is 32.9 Å². The Morgan fingerprint density at radius 3 is 2.33 bits per heavy atom. The van der Waals surface area contributed by atoms with Gasteiger partial charge in [-0.25, -0.2) is 9.78 Å². The van der Waals surface area contributed by atoms with E-state index >= 15 is 0 Å². The lowest BCUT2D eigenvalue weighted by molar-refractivity contribution is -0.141. The average molecular weight is 380 g/mol. The number of anilines is 1. The molecule has 1 heterocycles. The summed E-state index contributed by atoms with van der Waals surface area (Å²) in [6.45, 7) is 3.66. The van der Waals surface area contributed by atoms with E-state index in [1.54, 1.807) is 0 Å². The molecule has 1 aromatic carbocycles. The minimum atomic E-state index is -4.57. The van der Waals surface area contributed by atoms with E-state index in [4.69, 9.17) is 4.74 Å². The van der Waals surface area contributed by atoms with E-state index in [0.717, 1.165) is 25.0 Å². The number of hydrogen-bond acceptors (Lipinski definition) is 4. The van der Waals surface area contributed by atoms with E-state index in [1.165, 1.54) is 31.2 Å². The highest BCUT2D eigenvalue weighted by Crippen LogP contribution is 2.28. The monoisotopic (exact) mass is 380 g/mol. The standard InChI is InChI=1S/C19H19F3N2O3/c1-3-4-11-27-18(26)13-5-7-14(8-6-13)24-17(25)15-9-10-16(19(20,21)22)23-12(15)2/h5-10H,3-4,11H2,1-2H3,(H,24,25). The Morgan fingerprint density at radius 1 is 1.11 bits per heavy atom. The van der Waals surface area contributed by atoms with Gasteiger partial charge in [0, 0.05) is 5.69 Å². The summed E-state index contributed by atoms with van der Waals surface area (Å²) >= 11 is 0. The van der Waals surface area contributed by atoms with Crippen molar-refractivity contribution in [1.29, 1.82) is 0 Å². The maximum atomic E-state index is 12.6. The second-order valence-corrected chi connectivity index (χ2v) is 5.85. The number of aromatic nitrogens is 1. The first-order chi connectivity index (χ1) is 12.7. The number of halogens is 3. The van der Waals surface area contributed by atoms with E-state index in [0.29, 0.717) is 17.9 Å². The van der Waals surface area contributed by atoms with E-state index in [1.807, 2.05) is 6.92 Å². The molecule has 0 fully saturated rings. The molecule has 0 aliphatic rings. The second-order valence-electron chi connectivity index (χ2n) is 5.85. The summed E-state index contributed by atoms with van der Waals surface area (Å²) in [4.78, 5) is 27.5. The van der Waals surface area contributed by atoms with E-state index < -0.39 is 23.7 Å². The fraction of sp³-hybridized carbons (Fsp3) is 0.316. The van der Waals surface area contributed by atoms with Crippen LogP contribution in [0.5, 0.6) is 0 Å². The van der Waals surface area contributed by atoms with Crippen LogP contribution in [0.4, 0.5) is 18.9 Å². The quantitative estimate of drug-likeness (QED) is 0.587. The Kier molecular flexibility index (Phi) is 6.55. The molecule has 8 heteroatoms. The molecule has 0 aliphatic heterocycles. The van der Waals surface area contributed by atoms with Crippen LogP contribution in [0.1, 0.15) is 51.9 Å². The first-order valence-corrected chi connectivity index (χ1v) is 8.35. The van der Waals surface area contributed by atoms with Crippen molar-refractivity contribution in [2.24, 2.45) is 0 Å². The number of amides is 1. The molecule has 27 heavy (non-hydrogen) atoms.